The van der Waals surface area contributed by atoms with Crippen LogP contribution in [0.3, 0.4) is 0 Å². The first kappa shape index (κ1) is 14.5. The maximum atomic E-state index is 7.05. The van der Waals surface area contributed by atoms with Crippen molar-refractivity contribution in [2.45, 2.75) is 62.6 Å². The summed E-state index contributed by atoms with van der Waals surface area (Å²) in [4.78, 5) is 0. The quantitative estimate of drug-likeness (QED) is 0.378. The summed E-state index contributed by atoms with van der Waals surface area (Å²) in [5.74, 6) is 7.58. The standard InChI is InChI=1S/C21H28Cl2/c1-9-12-7-15-19(17(9)21(23)16(8-12)20(15)22)18-13-3-10-2-11(5-13)6-14(18)4-10/h9-17,20-21H,2-8H2,1H3/t9?,10?,11?,12-,13?,14?,15-,16-,17+,20?,21?/m0/s1. The second kappa shape index (κ2) is 4.73. The van der Waals surface area contributed by atoms with Crippen molar-refractivity contribution in [3.8, 4) is 0 Å². The number of hydrogen-bond acceptors (Lipinski definition) is 0. The normalized spacial score (nSPS) is 62.5. The summed E-state index contributed by atoms with van der Waals surface area (Å²) >= 11 is 14.1. The summed E-state index contributed by atoms with van der Waals surface area (Å²) < 4.78 is 0. The van der Waals surface area contributed by atoms with E-state index in [0.717, 1.165) is 35.5 Å². The number of rotatable bonds is 0. The number of halogens is 2. The van der Waals surface area contributed by atoms with Gasteiger partial charge in [-0.15, -0.1) is 23.2 Å². The van der Waals surface area contributed by atoms with Crippen molar-refractivity contribution < 1.29 is 0 Å². The molecule has 8 aliphatic carbocycles. The minimum atomic E-state index is 0.319. The van der Waals surface area contributed by atoms with Gasteiger partial charge in [0.25, 0.3) is 0 Å². The van der Waals surface area contributed by atoms with Crippen LogP contribution >= 0.6 is 23.2 Å². The fourth-order valence-electron chi connectivity index (χ4n) is 8.49. The van der Waals surface area contributed by atoms with Crippen LogP contribution in [0.4, 0.5) is 0 Å². The molecule has 0 nitrogen and oxygen atoms in total. The Hall–Kier alpha value is 0.320. The zero-order valence-corrected chi connectivity index (χ0v) is 15.6. The third-order valence-electron chi connectivity index (χ3n) is 9.10. The summed E-state index contributed by atoms with van der Waals surface area (Å²) in [6.45, 7) is 2.50. The zero-order chi connectivity index (χ0) is 15.5. The van der Waals surface area contributed by atoms with Crippen molar-refractivity contribution in [1.82, 2.24) is 0 Å². The molecule has 8 rings (SSSR count). The van der Waals surface area contributed by atoms with E-state index in [2.05, 4.69) is 6.92 Å². The third-order valence-corrected chi connectivity index (χ3v) is 10.3. The summed E-state index contributed by atoms with van der Waals surface area (Å²) in [6.07, 6.45) is 10.2. The van der Waals surface area contributed by atoms with E-state index in [-0.39, 0.29) is 0 Å². The van der Waals surface area contributed by atoms with E-state index in [1.807, 2.05) is 11.1 Å². The molecule has 3 unspecified atom stereocenters. The van der Waals surface area contributed by atoms with E-state index in [9.17, 15) is 0 Å². The van der Waals surface area contributed by atoms with Crippen LogP contribution < -0.4 is 0 Å². The highest BCUT2D eigenvalue weighted by Crippen LogP contribution is 2.66. The molecule has 0 N–H and O–H groups in total. The molecule has 0 aliphatic heterocycles. The molecular weight excluding hydrogens is 323 g/mol. The highest BCUT2D eigenvalue weighted by atomic mass is 35.5. The molecule has 7 atom stereocenters. The average Bonchev–Trinajstić information content (AvgIpc) is 2.50. The third kappa shape index (κ3) is 1.76. The topological polar surface area (TPSA) is 0 Å². The van der Waals surface area contributed by atoms with Crippen LogP contribution in [0.15, 0.2) is 11.1 Å². The summed E-state index contributed by atoms with van der Waals surface area (Å²) in [5, 5.41) is 0.650. The van der Waals surface area contributed by atoms with E-state index < -0.39 is 0 Å². The number of allylic oxidation sites excluding steroid dienone is 2. The van der Waals surface area contributed by atoms with Gasteiger partial charge in [0, 0.05) is 10.8 Å². The second-order valence-corrected chi connectivity index (χ2v) is 11.0. The summed E-state index contributed by atoms with van der Waals surface area (Å²) in [6, 6.07) is 0. The average molecular weight is 351 g/mol. The van der Waals surface area contributed by atoms with Crippen LogP contribution in [0.1, 0.15) is 51.9 Å². The Bertz CT molecular complexity index is 548. The van der Waals surface area contributed by atoms with Crippen LogP contribution in [-0.4, -0.2) is 10.8 Å². The van der Waals surface area contributed by atoms with Crippen LogP contribution in [0.25, 0.3) is 0 Å². The van der Waals surface area contributed by atoms with Gasteiger partial charge in [0.05, 0.1) is 0 Å². The molecule has 0 spiro atoms. The van der Waals surface area contributed by atoms with Crippen molar-refractivity contribution in [2.75, 3.05) is 0 Å². The maximum Gasteiger partial charge on any atom is 0.0446 e. The molecule has 0 heterocycles. The van der Waals surface area contributed by atoms with Gasteiger partial charge in [-0.1, -0.05) is 18.1 Å². The highest BCUT2D eigenvalue weighted by Gasteiger charge is 2.60. The Morgan fingerprint density at radius 3 is 2.04 bits per heavy atom. The molecule has 8 aliphatic rings. The Morgan fingerprint density at radius 1 is 0.739 bits per heavy atom. The smallest absolute Gasteiger partial charge is 0.0446 e. The molecule has 0 aromatic heterocycles. The molecule has 2 heteroatoms. The Labute approximate surface area is 150 Å². The van der Waals surface area contributed by atoms with Gasteiger partial charge in [-0.3, -0.25) is 0 Å². The second-order valence-electron chi connectivity index (χ2n) is 9.99. The first-order valence-electron chi connectivity index (χ1n) is 10.1. The lowest BCUT2D eigenvalue weighted by atomic mass is 9.45. The highest BCUT2D eigenvalue weighted by molar-refractivity contribution is 6.25. The molecule has 0 radical (unpaired) electrons. The van der Waals surface area contributed by atoms with E-state index in [4.69, 9.17) is 23.2 Å². The lowest BCUT2D eigenvalue weighted by Crippen LogP contribution is -2.58. The molecule has 0 aromatic carbocycles. The van der Waals surface area contributed by atoms with Gasteiger partial charge in [-0.2, -0.15) is 0 Å². The predicted octanol–water partition coefficient (Wildman–Crippen LogP) is 5.88. The summed E-state index contributed by atoms with van der Waals surface area (Å²) in [7, 11) is 0. The van der Waals surface area contributed by atoms with Crippen LogP contribution in [0.5, 0.6) is 0 Å². The zero-order valence-electron chi connectivity index (χ0n) is 14.1. The molecule has 0 aromatic rings. The van der Waals surface area contributed by atoms with Crippen LogP contribution in [0, 0.1) is 53.3 Å². The summed E-state index contributed by atoms with van der Waals surface area (Å²) in [5.41, 5.74) is 3.76. The van der Waals surface area contributed by atoms with Crippen molar-refractivity contribution in [2.24, 2.45) is 53.3 Å². The van der Waals surface area contributed by atoms with Crippen LogP contribution in [0.2, 0.25) is 0 Å². The molecule has 8 fully saturated rings. The number of hydrogen-bond donors (Lipinski definition) is 0. The van der Waals surface area contributed by atoms with Gasteiger partial charge in [0.1, 0.15) is 0 Å². The van der Waals surface area contributed by atoms with Crippen molar-refractivity contribution in [1.29, 1.82) is 0 Å². The Morgan fingerprint density at radius 2 is 1.39 bits per heavy atom. The predicted molar refractivity (Wildman–Crippen MR) is 95.7 cm³/mol. The first-order chi connectivity index (χ1) is 11.1. The minimum Gasteiger partial charge on any atom is -0.122 e. The maximum absolute atomic E-state index is 7.05. The van der Waals surface area contributed by atoms with Gasteiger partial charge in [0.2, 0.25) is 0 Å². The van der Waals surface area contributed by atoms with Gasteiger partial charge in [-0.05, 0) is 98.2 Å². The lowest BCUT2D eigenvalue weighted by Gasteiger charge is -2.62. The van der Waals surface area contributed by atoms with Crippen LogP contribution in [-0.2, 0) is 0 Å². The SMILES string of the molecule is CC1[C@@H]2C[C@@H]3C(Cl)[C@H]1C(=C1C4CC5CC(C4)CC1C5)[C@H](C2)C3Cl. The van der Waals surface area contributed by atoms with E-state index in [1.54, 1.807) is 6.42 Å². The Kier molecular flexibility index (Phi) is 2.98. The van der Waals surface area contributed by atoms with Gasteiger partial charge >= 0.3 is 0 Å². The van der Waals surface area contributed by atoms with E-state index in [0.29, 0.717) is 28.5 Å². The largest absolute Gasteiger partial charge is 0.122 e. The molecule has 8 saturated carbocycles. The molecule has 23 heavy (non-hydrogen) atoms. The molecule has 0 saturated heterocycles. The van der Waals surface area contributed by atoms with Crippen molar-refractivity contribution in [3.63, 3.8) is 0 Å². The van der Waals surface area contributed by atoms with E-state index in [1.165, 1.54) is 38.5 Å². The molecule has 0 amide bonds. The van der Waals surface area contributed by atoms with Gasteiger partial charge in [-0.25, -0.2) is 0 Å². The number of alkyl halides is 2. The monoisotopic (exact) mass is 350 g/mol. The van der Waals surface area contributed by atoms with Crippen molar-refractivity contribution in [3.05, 3.63) is 11.1 Å². The fraction of sp³-hybridized carbons (Fsp3) is 0.905. The van der Waals surface area contributed by atoms with Crippen molar-refractivity contribution >= 4 is 23.2 Å². The minimum absolute atomic E-state index is 0.319. The van der Waals surface area contributed by atoms with Gasteiger partial charge < -0.3 is 0 Å². The Balaban J connectivity index is 1.50. The molecule has 126 valence electrons. The van der Waals surface area contributed by atoms with Gasteiger partial charge in [0.15, 0.2) is 0 Å². The molecular formula is C21H28Cl2. The first-order valence-corrected chi connectivity index (χ1v) is 11.0. The lowest BCUT2D eigenvalue weighted by molar-refractivity contribution is 0.0131. The molecule has 8 bridgehead atoms. The van der Waals surface area contributed by atoms with E-state index >= 15 is 0 Å². The fourth-order valence-corrected chi connectivity index (χ4v) is 9.68.